The summed E-state index contributed by atoms with van der Waals surface area (Å²) in [5.74, 6) is -1.63. The second kappa shape index (κ2) is 7.84. The van der Waals surface area contributed by atoms with E-state index in [1.807, 2.05) is 42.5 Å². The van der Waals surface area contributed by atoms with Crippen molar-refractivity contribution in [3.8, 4) is 11.1 Å². The largest absolute Gasteiger partial charge is 0.384 e. The number of benzene rings is 2. The van der Waals surface area contributed by atoms with E-state index >= 15 is 0 Å². The minimum absolute atomic E-state index is 0.122. The number of anilines is 1. The maximum absolute atomic E-state index is 11.9. The van der Waals surface area contributed by atoms with Crippen LogP contribution in [-0.4, -0.2) is 28.6 Å². The topological polar surface area (TPSA) is 104 Å². The minimum Gasteiger partial charge on any atom is -0.384 e. The van der Waals surface area contributed by atoms with Crippen LogP contribution in [0.25, 0.3) is 11.1 Å². The molecule has 0 aliphatic heterocycles. The van der Waals surface area contributed by atoms with Gasteiger partial charge in [-0.2, -0.15) is 0 Å². The number of rotatable bonds is 5. The molecule has 0 bridgehead atoms. The molecule has 0 aliphatic carbocycles. The summed E-state index contributed by atoms with van der Waals surface area (Å²) in [4.78, 5) is 23.7. The van der Waals surface area contributed by atoms with E-state index in [9.17, 15) is 14.7 Å². The van der Waals surface area contributed by atoms with Gasteiger partial charge < -0.3 is 14.9 Å². The second-order valence-corrected chi connectivity index (χ2v) is 6.24. The van der Waals surface area contributed by atoms with Gasteiger partial charge in [0.25, 0.3) is 0 Å². The normalized spacial score (nSPS) is 12.8. The summed E-state index contributed by atoms with van der Waals surface area (Å²) in [6.07, 6.45) is 1.28. The predicted octanol–water partition coefficient (Wildman–Crippen LogP) is 2.30. The molecule has 1 unspecified atom stereocenters. The smallest absolute Gasteiger partial charge is 0.314 e. The lowest BCUT2D eigenvalue weighted by molar-refractivity contribution is -0.136. The van der Waals surface area contributed by atoms with Gasteiger partial charge in [-0.3, -0.25) is 14.9 Å². The Morgan fingerprint density at radius 3 is 2.30 bits per heavy atom. The van der Waals surface area contributed by atoms with Crippen molar-refractivity contribution in [2.24, 2.45) is 0 Å². The molecule has 3 N–H and O–H groups in total. The van der Waals surface area contributed by atoms with Gasteiger partial charge in [-0.05, 0) is 23.6 Å². The number of carbonyl (C=O) groups excluding carboxylic acids is 2. The third-order valence-corrected chi connectivity index (χ3v) is 4.09. The van der Waals surface area contributed by atoms with Crippen LogP contribution < -0.4 is 10.6 Å². The highest BCUT2D eigenvalue weighted by atomic mass is 16.5. The third-order valence-electron chi connectivity index (χ3n) is 4.09. The van der Waals surface area contributed by atoms with Gasteiger partial charge in [0.1, 0.15) is 11.9 Å². The van der Waals surface area contributed by atoms with Crippen molar-refractivity contribution >= 4 is 17.6 Å². The van der Waals surface area contributed by atoms with Gasteiger partial charge in [0.05, 0.1) is 6.54 Å². The molecule has 3 rings (SSSR count). The second-order valence-electron chi connectivity index (χ2n) is 6.24. The Bertz CT molecular complexity index is 904. The van der Waals surface area contributed by atoms with Gasteiger partial charge in [-0.25, -0.2) is 0 Å². The molecule has 3 aromatic rings. The molecule has 1 aromatic heterocycles. The Kier molecular flexibility index (Phi) is 5.33. The van der Waals surface area contributed by atoms with Crippen molar-refractivity contribution in [1.29, 1.82) is 0 Å². The Morgan fingerprint density at radius 1 is 1.00 bits per heavy atom. The van der Waals surface area contributed by atoms with Crippen molar-refractivity contribution in [3.63, 3.8) is 0 Å². The monoisotopic (exact) mass is 365 g/mol. The highest BCUT2D eigenvalue weighted by Crippen LogP contribution is 2.24. The maximum Gasteiger partial charge on any atom is 0.314 e. The summed E-state index contributed by atoms with van der Waals surface area (Å²) in [7, 11) is 0. The van der Waals surface area contributed by atoms with E-state index in [1.54, 1.807) is 19.1 Å². The molecule has 7 nitrogen and oxygen atoms in total. The summed E-state index contributed by atoms with van der Waals surface area (Å²) in [6, 6.07) is 18.7. The standard InChI is InChI=1S/C20H19N3O4/c1-20(26,13-21-18(24)19(25)22-17-11-12-27-23-17)16-9-7-15(8-10-16)14-5-3-2-4-6-14/h2-12,26H,13H2,1H3,(H,21,24)(H,22,23,25). The zero-order valence-corrected chi connectivity index (χ0v) is 14.7. The lowest BCUT2D eigenvalue weighted by atomic mass is 9.93. The van der Waals surface area contributed by atoms with E-state index in [2.05, 4.69) is 20.3 Å². The molecule has 1 atom stereocenters. The summed E-state index contributed by atoms with van der Waals surface area (Å²) >= 11 is 0. The van der Waals surface area contributed by atoms with Gasteiger partial charge in [-0.15, -0.1) is 0 Å². The number of aromatic nitrogens is 1. The molecule has 0 radical (unpaired) electrons. The number of carbonyl (C=O) groups is 2. The number of amides is 2. The van der Waals surface area contributed by atoms with Crippen LogP contribution in [0.1, 0.15) is 12.5 Å². The Hall–Kier alpha value is -3.45. The van der Waals surface area contributed by atoms with Crippen molar-refractivity contribution in [2.75, 3.05) is 11.9 Å². The van der Waals surface area contributed by atoms with Crippen LogP contribution in [0.2, 0.25) is 0 Å². The Morgan fingerprint density at radius 2 is 1.67 bits per heavy atom. The van der Waals surface area contributed by atoms with Gasteiger partial charge in [0.15, 0.2) is 5.82 Å². The SMILES string of the molecule is CC(O)(CNC(=O)C(=O)Nc1ccon1)c1ccc(-c2ccccc2)cc1. The first-order valence-electron chi connectivity index (χ1n) is 8.33. The molecule has 0 spiro atoms. The van der Waals surface area contributed by atoms with Crippen molar-refractivity contribution in [2.45, 2.75) is 12.5 Å². The van der Waals surface area contributed by atoms with Gasteiger partial charge in [0.2, 0.25) is 0 Å². The van der Waals surface area contributed by atoms with Crippen molar-refractivity contribution in [1.82, 2.24) is 10.5 Å². The lowest BCUT2D eigenvalue weighted by Crippen LogP contribution is -2.43. The highest BCUT2D eigenvalue weighted by Gasteiger charge is 2.25. The number of hydrogen-bond donors (Lipinski definition) is 3. The summed E-state index contributed by atoms with van der Waals surface area (Å²) in [6.45, 7) is 1.45. The van der Waals surface area contributed by atoms with E-state index in [-0.39, 0.29) is 12.4 Å². The van der Waals surface area contributed by atoms with Gasteiger partial charge >= 0.3 is 11.8 Å². The Balaban J connectivity index is 1.60. The maximum atomic E-state index is 11.9. The predicted molar refractivity (Wildman–Crippen MR) is 99.6 cm³/mol. The fourth-order valence-corrected chi connectivity index (χ4v) is 2.54. The molecule has 2 amide bonds. The van der Waals surface area contributed by atoms with Crippen LogP contribution in [0, 0.1) is 0 Å². The van der Waals surface area contributed by atoms with Crippen LogP contribution in [-0.2, 0) is 15.2 Å². The number of hydrogen-bond acceptors (Lipinski definition) is 5. The molecular weight excluding hydrogens is 346 g/mol. The highest BCUT2D eigenvalue weighted by molar-refractivity contribution is 6.39. The summed E-state index contributed by atoms with van der Waals surface area (Å²) < 4.78 is 4.57. The van der Waals surface area contributed by atoms with Gasteiger partial charge in [0, 0.05) is 6.07 Å². The fraction of sp³-hybridized carbons (Fsp3) is 0.150. The number of aliphatic hydroxyl groups is 1. The molecular formula is C20H19N3O4. The molecule has 0 aliphatic rings. The first kappa shape index (κ1) is 18.3. The van der Waals surface area contributed by atoms with Crippen LogP contribution >= 0.6 is 0 Å². The molecule has 0 fully saturated rings. The van der Waals surface area contributed by atoms with E-state index in [4.69, 9.17) is 0 Å². The van der Waals surface area contributed by atoms with Crippen LogP contribution in [0.4, 0.5) is 5.82 Å². The molecule has 138 valence electrons. The summed E-state index contributed by atoms with van der Waals surface area (Å²) in [5, 5.41) is 18.9. The van der Waals surface area contributed by atoms with Crippen LogP contribution in [0.15, 0.2) is 71.4 Å². The number of nitrogens with zero attached hydrogens (tertiary/aromatic N) is 1. The van der Waals surface area contributed by atoms with E-state index in [1.165, 1.54) is 12.3 Å². The third kappa shape index (κ3) is 4.59. The molecule has 1 heterocycles. The molecule has 2 aromatic carbocycles. The van der Waals surface area contributed by atoms with Crippen molar-refractivity contribution < 1.29 is 19.2 Å². The first-order chi connectivity index (χ1) is 13.0. The molecule has 27 heavy (non-hydrogen) atoms. The lowest BCUT2D eigenvalue weighted by Gasteiger charge is -2.24. The average Bonchev–Trinajstić information content (AvgIpc) is 3.20. The first-order valence-corrected chi connectivity index (χ1v) is 8.33. The zero-order valence-electron chi connectivity index (χ0n) is 14.7. The van der Waals surface area contributed by atoms with Gasteiger partial charge in [-0.1, -0.05) is 59.8 Å². The van der Waals surface area contributed by atoms with Crippen molar-refractivity contribution in [3.05, 3.63) is 72.5 Å². The van der Waals surface area contributed by atoms with E-state index in [0.717, 1.165) is 11.1 Å². The van der Waals surface area contributed by atoms with E-state index in [0.29, 0.717) is 5.56 Å². The Labute approximate surface area is 156 Å². The minimum atomic E-state index is -1.33. The molecule has 7 heteroatoms. The van der Waals surface area contributed by atoms with E-state index < -0.39 is 17.4 Å². The molecule has 0 saturated carbocycles. The fourth-order valence-electron chi connectivity index (χ4n) is 2.54. The molecule has 0 saturated heterocycles. The average molecular weight is 365 g/mol. The quantitative estimate of drug-likeness (QED) is 0.602. The van der Waals surface area contributed by atoms with Crippen LogP contribution in [0.3, 0.4) is 0 Å². The van der Waals surface area contributed by atoms with Crippen LogP contribution in [0.5, 0.6) is 0 Å². The summed E-state index contributed by atoms with van der Waals surface area (Å²) in [5.41, 5.74) is 1.38. The zero-order chi connectivity index (χ0) is 19.3. The number of nitrogens with one attached hydrogen (secondary N) is 2.